The summed E-state index contributed by atoms with van der Waals surface area (Å²) < 4.78 is 30.4. The highest BCUT2D eigenvalue weighted by Crippen LogP contribution is 2.35. The fourth-order valence-electron chi connectivity index (χ4n) is 3.87. The molecule has 1 fully saturated rings. The van der Waals surface area contributed by atoms with E-state index in [1.807, 2.05) is 0 Å². The van der Waals surface area contributed by atoms with E-state index in [1.165, 1.54) is 6.07 Å². The maximum absolute atomic E-state index is 13.1. The van der Waals surface area contributed by atoms with E-state index >= 15 is 0 Å². The number of ketones is 1. The normalized spacial score (nSPS) is 20.7. The average molecular weight is 428 g/mol. The van der Waals surface area contributed by atoms with Crippen LogP contribution in [-0.4, -0.2) is 45.5 Å². The lowest BCUT2D eigenvalue weighted by atomic mass is 9.83. The number of sulfone groups is 1. The number of nitrogens with zero attached hydrogens (tertiary/aromatic N) is 1. The molecule has 0 radical (unpaired) electrons. The summed E-state index contributed by atoms with van der Waals surface area (Å²) in [5.41, 5.74) is 1.11. The van der Waals surface area contributed by atoms with E-state index in [2.05, 4.69) is 5.16 Å². The van der Waals surface area contributed by atoms with Gasteiger partial charge in [0, 0.05) is 30.6 Å². The zero-order chi connectivity index (χ0) is 20.3. The molecule has 3 rings (SSSR count). The topological polar surface area (TPSA) is 82.0 Å². The van der Waals surface area contributed by atoms with Crippen molar-refractivity contribution in [3.8, 4) is 0 Å². The quantitative estimate of drug-likeness (QED) is 0.613. The Hall–Kier alpha value is -1.44. The van der Waals surface area contributed by atoms with Crippen LogP contribution in [0.4, 0.5) is 0 Å². The fraction of sp³-hybridized carbons (Fsp3) is 0.600. The SMILES string of the molecule is CCS(=O)(=O)c1ccc(C(=O)C2CCCCC2)c(Cl)c1C1=NOC(COC)C1. The predicted octanol–water partition coefficient (Wildman–Crippen LogP) is 4.04. The molecule has 1 aliphatic carbocycles. The molecule has 28 heavy (non-hydrogen) atoms. The van der Waals surface area contributed by atoms with Crippen LogP contribution < -0.4 is 0 Å². The summed E-state index contributed by atoms with van der Waals surface area (Å²) in [6, 6.07) is 3.04. The lowest BCUT2D eigenvalue weighted by molar-refractivity contribution is 0.0208. The maximum atomic E-state index is 13.1. The van der Waals surface area contributed by atoms with Gasteiger partial charge in [-0.3, -0.25) is 4.79 Å². The van der Waals surface area contributed by atoms with Crippen molar-refractivity contribution in [2.75, 3.05) is 19.5 Å². The molecule has 1 saturated carbocycles. The molecule has 1 aromatic carbocycles. The van der Waals surface area contributed by atoms with Crippen molar-refractivity contribution >= 4 is 32.9 Å². The molecular weight excluding hydrogens is 402 g/mol. The van der Waals surface area contributed by atoms with Gasteiger partial charge in [-0.1, -0.05) is 42.9 Å². The van der Waals surface area contributed by atoms with E-state index in [-0.39, 0.29) is 33.5 Å². The molecule has 2 aliphatic rings. The Morgan fingerprint density at radius 2 is 2.00 bits per heavy atom. The van der Waals surface area contributed by atoms with E-state index in [4.69, 9.17) is 21.2 Å². The van der Waals surface area contributed by atoms with E-state index in [1.54, 1.807) is 20.1 Å². The lowest BCUT2D eigenvalue weighted by Crippen LogP contribution is -2.21. The lowest BCUT2D eigenvalue weighted by Gasteiger charge is -2.22. The smallest absolute Gasteiger partial charge is 0.178 e. The molecule has 6 nitrogen and oxygen atoms in total. The van der Waals surface area contributed by atoms with Gasteiger partial charge in [-0.05, 0) is 25.0 Å². The Balaban J connectivity index is 2.05. The highest BCUT2D eigenvalue weighted by molar-refractivity contribution is 7.91. The molecule has 0 saturated heterocycles. The molecule has 0 aromatic heterocycles. The van der Waals surface area contributed by atoms with Crippen molar-refractivity contribution in [1.82, 2.24) is 0 Å². The maximum Gasteiger partial charge on any atom is 0.178 e. The number of Topliss-reactive ketones (excluding diaryl/α,β-unsaturated/α-hetero) is 1. The third-order valence-corrected chi connectivity index (χ3v) is 7.60. The van der Waals surface area contributed by atoms with Crippen LogP contribution in [0.25, 0.3) is 0 Å². The number of ether oxygens (including phenoxy) is 1. The average Bonchev–Trinajstić information content (AvgIpc) is 3.16. The van der Waals surface area contributed by atoms with Crippen LogP contribution in [0.1, 0.15) is 61.4 Å². The second-order valence-electron chi connectivity index (χ2n) is 7.33. The Kier molecular flexibility index (Phi) is 6.78. The summed E-state index contributed by atoms with van der Waals surface area (Å²) in [6.45, 7) is 1.91. The van der Waals surface area contributed by atoms with Gasteiger partial charge in [-0.2, -0.15) is 0 Å². The zero-order valence-electron chi connectivity index (χ0n) is 16.2. The van der Waals surface area contributed by atoms with Crippen molar-refractivity contribution in [3.05, 3.63) is 28.3 Å². The molecule has 1 unspecified atom stereocenters. The molecule has 0 bridgehead atoms. The van der Waals surface area contributed by atoms with Gasteiger partial charge in [0.1, 0.15) is 0 Å². The van der Waals surface area contributed by atoms with Crippen molar-refractivity contribution in [2.45, 2.75) is 56.4 Å². The highest BCUT2D eigenvalue weighted by Gasteiger charge is 2.32. The minimum atomic E-state index is -3.55. The first-order valence-electron chi connectivity index (χ1n) is 9.70. The van der Waals surface area contributed by atoms with Gasteiger partial charge >= 0.3 is 0 Å². The molecule has 1 aromatic rings. The van der Waals surface area contributed by atoms with Crippen molar-refractivity contribution in [2.24, 2.45) is 11.1 Å². The predicted molar refractivity (Wildman–Crippen MR) is 108 cm³/mol. The number of hydrogen-bond donors (Lipinski definition) is 0. The first-order valence-corrected chi connectivity index (χ1v) is 11.7. The number of rotatable bonds is 7. The molecule has 0 N–H and O–H groups in total. The Morgan fingerprint density at radius 1 is 1.29 bits per heavy atom. The zero-order valence-corrected chi connectivity index (χ0v) is 17.8. The van der Waals surface area contributed by atoms with Gasteiger partial charge in [0.05, 0.1) is 28.0 Å². The van der Waals surface area contributed by atoms with Crippen LogP contribution in [0, 0.1) is 5.92 Å². The van der Waals surface area contributed by atoms with Crippen molar-refractivity contribution < 1.29 is 22.8 Å². The van der Waals surface area contributed by atoms with Crippen LogP contribution in [-0.2, 0) is 19.4 Å². The highest BCUT2D eigenvalue weighted by atomic mass is 35.5. The summed E-state index contributed by atoms with van der Waals surface area (Å²) in [7, 11) is -1.99. The molecule has 0 amide bonds. The largest absolute Gasteiger partial charge is 0.389 e. The Labute approximate surface area is 171 Å². The second-order valence-corrected chi connectivity index (χ2v) is 9.95. The first-order chi connectivity index (χ1) is 13.4. The van der Waals surface area contributed by atoms with Gasteiger partial charge in [0.25, 0.3) is 0 Å². The van der Waals surface area contributed by atoms with Crippen LogP contribution in [0.15, 0.2) is 22.2 Å². The van der Waals surface area contributed by atoms with Gasteiger partial charge < -0.3 is 9.57 Å². The van der Waals surface area contributed by atoms with Gasteiger partial charge in [0.2, 0.25) is 0 Å². The molecule has 0 spiro atoms. The number of halogens is 1. The summed E-state index contributed by atoms with van der Waals surface area (Å²) in [5.74, 6) is -0.142. The summed E-state index contributed by atoms with van der Waals surface area (Å²) in [6.07, 6.45) is 4.97. The fourth-order valence-corrected chi connectivity index (χ4v) is 5.41. The molecule has 1 heterocycles. The van der Waals surface area contributed by atoms with Crippen molar-refractivity contribution in [1.29, 1.82) is 0 Å². The summed E-state index contributed by atoms with van der Waals surface area (Å²) >= 11 is 6.64. The minimum Gasteiger partial charge on any atom is -0.389 e. The molecular formula is C20H26ClNO5S. The van der Waals surface area contributed by atoms with Crippen LogP contribution in [0.3, 0.4) is 0 Å². The third-order valence-electron chi connectivity index (χ3n) is 5.43. The van der Waals surface area contributed by atoms with E-state index in [9.17, 15) is 13.2 Å². The van der Waals surface area contributed by atoms with Gasteiger partial charge in [0.15, 0.2) is 21.7 Å². The molecule has 1 atom stereocenters. The second kappa shape index (κ2) is 8.93. The van der Waals surface area contributed by atoms with Gasteiger partial charge in [-0.15, -0.1) is 0 Å². The third kappa shape index (κ3) is 4.26. The standard InChI is InChI=1S/C20H26ClNO5S/c1-3-28(24,25)17-10-9-15(20(23)13-7-5-4-6-8-13)19(21)18(17)16-11-14(12-26-2)27-22-16/h9-10,13-14H,3-8,11-12H2,1-2H3. The number of benzene rings is 1. The summed E-state index contributed by atoms with van der Waals surface area (Å²) in [4.78, 5) is 18.5. The summed E-state index contributed by atoms with van der Waals surface area (Å²) in [5, 5.41) is 4.22. The number of oxime groups is 1. The monoisotopic (exact) mass is 427 g/mol. The Morgan fingerprint density at radius 3 is 2.64 bits per heavy atom. The number of carbonyl (C=O) groups excluding carboxylic acids is 1. The van der Waals surface area contributed by atoms with E-state index in [0.29, 0.717) is 29.9 Å². The number of hydrogen-bond acceptors (Lipinski definition) is 6. The molecule has 1 aliphatic heterocycles. The molecule has 154 valence electrons. The van der Waals surface area contributed by atoms with Crippen LogP contribution in [0.2, 0.25) is 5.02 Å². The Bertz CT molecular complexity index is 875. The first kappa shape index (κ1) is 21.3. The van der Waals surface area contributed by atoms with Crippen molar-refractivity contribution in [3.63, 3.8) is 0 Å². The number of carbonyl (C=O) groups is 1. The van der Waals surface area contributed by atoms with Gasteiger partial charge in [-0.25, -0.2) is 8.42 Å². The van der Waals surface area contributed by atoms with Crippen LogP contribution >= 0.6 is 11.6 Å². The molecule has 8 heteroatoms. The minimum absolute atomic E-state index is 0.0145. The van der Waals surface area contributed by atoms with E-state index < -0.39 is 9.84 Å². The number of methoxy groups -OCH3 is 1. The van der Waals surface area contributed by atoms with E-state index in [0.717, 1.165) is 32.1 Å². The van der Waals surface area contributed by atoms with Crippen LogP contribution in [0.5, 0.6) is 0 Å².